The highest BCUT2D eigenvalue weighted by molar-refractivity contribution is 5.94. The summed E-state index contributed by atoms with van der Waals surface area (Å²) < 4.78 is 70.6. The number of alkyl halides is 3. The van der Waals surface area contributed by atoms with Crippen molar-refractivity contribution in [2.45, 2.75) is 50.1 Å². The molecule has 1 aromatic carbocycles. The molecule has 3 aromatic rings. The lowest BCUT2D eigenvalue weighted by Crippen LogP contribution is -2.49. The van der Waals surface area contributed by atoms with Gasteiger partial charge in [-0.15, -0.1) is 0 Å². The fraction of sp³-hybridized carbons (Fsp3) is 0.435. The number of nitrogens with one attached hydrogen (secondary N) is 1. The van der Waals surface area contributed by atoms with E-state index >= 15 is 0 Å². The molecule has 190 valence electrons. The third kappa shape index (κ3) is 4.26. The van der Waals surface area contributed by atoms with Crippen LogP contribution in [0.4, 0.5) is 22.0 Å². The molecule has 2 heterocycles. The van der Waals surface area contributed by atoms with Gasteiger partial charge in [0.05, 0.1) is 12.4 Å². The number of phenolic OH excluding ortho intramolecular Hbond substituents is 1. The summed E-state index contributed by atoms with van der Waals surface area (Å²) in [7, 11) is 0. The first-order valence-electron chi connectivity index (χ1n) is 11.2. The first kappa shape index (κ1) is 24.1. The number of aromatic nitrogens is 4. The lowest BCUT2D eigenvalue weighted by Gasteiger charge is -2.52. The number of fused-ring (bicyclic) bond motifs is 3. The molecule has 0 unspecified atom stereocenters. The first-order chi connectivity index (χ1) is 17.0. The molecule has 2 aromatic heterocycles. The van der Waals surface area contributed by atoms with Crippen molar-refractivity contribution >= 4 is 5.91 Å². The van der Waals surface area contributed by atoms with Gasteiger partial charge in [0.1, 0.15) is 5.69 Å². The van der Waals surface area contributed by atoms with Crippen molar-refractivity contribution < 1.29 is 36.4 Å². The molecule has 1 amide bonds. The Morgan fingerprint density at radius 3 is 2.22 bits per heavy atom. The van der Waals surface area contributed by atoms with E-state index in [0.717, 1.165) is 37.6 Å². The van der Waals surface area contributed by atoms with Crippen molar-refractivity contribution in [3.63, 3.8) is 0 Å². The zero-order valence-corrected chi connectivity index (χ0v) is 18.7. The number of carbonyl (C=O) groups excluding carboxylic acids is 1. The van der Waals surface area contributed by atoms with E-state index in [1.54, 1.807) is 0 Å². The van der Waals surface area contributed by atoms with E-state index in [-0.39, 0.29) is 28.0 Å². The number of hydrogen-bond acceptors (Lipinski definition) is 7. The molecule has 0 radical (unpaired) electrons. The van der Waals surface area contributed by atoms with Crippen LogP contribution in [-0.2, 0) is 11.6 Å². The van der Waals surface area contributed by atoms with Crippen LogP contribution < -0.4 is 5.32 Å². The van der Waals surface area contributed by atoms with Crippen LogP contribution in [-0.4, -0.2) is 37.7 Å². The fourth-order valence-corrected chi connectivity index (χ4v) is 5.06. The molecule has 6 rings (SSSR count). The number of amides is 1. The molecule has 3 aliphatic rings. The van der Waals surface area contributed by atoms with E-state index < -0.39 is 35.2 Å². The topological polar surface area (TPSA) is 114 Å². The molecule has 3 saturated carbocycles. The Bertz CT molecular complexity index is 1260. The number of rotatable bonds is 5. The summed E-state index contributed by atoms with van der Waals surface area (Å²) in [4.78, 5) is 24.0. The van der Waals surface area contributed by atoms with Crippen molar-refractivity contribution in [1.82, 2.24) is 25.4 Å². The summed E-state index contributed by atoms with van der Waals surface area (Å²) in [6, 6.07) is 1.57. The maximum atomic E-state index is 13.6. The molecule has 0 aliphatic heterocycles. The summed E-state index contributed by atoms with van der Waals surface area (Å²) in [5, 5.41) is 16.0. The average Bonchev–Trinajstić information content (AvgIpc) is 3.38. The molecule has 8 nitrogen and oxygen atoms in total. The predicted octanol–water partition coefficient (Wildman–Crippen LogP) is 4.55. The van der Waals surface area contributed by atoms with Gasteiger partial charge in [-0.05, 0) is 56.1 Å². The molecule has 3 aliphatic carbocycles. The summed E-state index contributed by atoms with van der Waals surface area (Å²) in [5.41, 5.74) is -1.82. The summed E-state index contributed by atoms with van der Waals surface area (Å²) >= 11 is 0. The minimum atomic E-state index is -4.60. The predicted molar refractivity (Wildman–Crippen MR) is 112 cm³/mol. The summed E-state index contributed by atoms with van der Waals surface area (Å²) in [6.07, 6.45) is 1.33. The molecular weight excluding hydrogens is 489 g/mol. The molecular formula is C23H20F5N5O3. The SMILES string of the molecule is O=C(NCC12CCC(c3noc(-c4cnc(C(F)(F)F)cn4)n3)(CC1)CC2)c1cc(F)c(O)c(F)c1. The van der Waals surface area contributed by atoms with Gasteiger partial charge in [-0.3, -0.25) is 4.79 Å². The van der Waals surface area contributed by atoms with Crippen molar-refractivity contribution in [2.24, 2.45) is 5.41 Å². The Hall–Kier alpha value is -3.64. The zero-order valence-electron chi connectivity index (χ0n) is 18.7. The van der Waals surface area contributed by atoms with Gasteiger partial charge in [-0.1, -0.05) is 5.16 Å². The number of aromatic hydroxyl groups is 1. The normalized spacial score (nSPS) is 23.6. The largest absolute Gasteiger partial charge is 0.503 e. The van der Waals surface area contributed by atoms with Gasteiger partial charge >= 0.3 is 6.18 Å². The lowest BCUT2D eigenvalue weighted by molar-refractivity contribution is -0.141. The van der Waals surface area contributed by atoms with Crippen molar-refractivity contribution in [2.75, 3.05) is 6.54 Å². The van der Waals surface area contributed by atoms with E-state index in [4.69, 9.17) is 4.52 Å². The highest BCUT2D eigenvalue weighted by Gasteiger charge is 2.51. The second-order valence-corrected chi connectivity index (χ2v) is 9.46. The summed E-state index contributed by atoms with van der Waals surface area (Å²) in [5.74, 6) is -3.73. The van der Waals surface area contributed by atoms with E-state index in [0.29, 0.717) is 37.8 Å². The Morgan fingerprint density at radius 1 is 1.03 bits per heavy atom. The van der Waals surface area contributed by atoms with Crippen LogP contribution in [0.1, 0.15) is 60.4 Å². The fourth-order valence-electron chi connectivity index (χ4n) is 5.06. The average molecular weight is 509 g/mol. The number of carbonyl (C=O) groups is 1. The van der Waals surface area contributed by atoms with Gasteiger partial charge in [0, 0.05) is 17.5 Å². The minimum Gasteiger partial charge on any atom is -0.503 e. The third-order valence-corrected chi connectivity index (χ3v) is 7.37. The standard InChI is InChI=1S/C23H20F5N5O3/c24-13-7-12(8-14(25)17(13)34)18(35)31-11-21-1-4-22(5-2-21,6-3-21)20-32-19(36-33-20)15-9-30-16(10-29-15)23(26,27)28/h7-10,34H,1-6,11H2,(H,31,35). The van der Waals surface area contributed by atoms with Crippen molar-refractivity contribution in [3.05, 3.63) is 53.2 Å². The van der Waals surface area contributed by atoms with E-state index in [2.05, 4.69) is 25.4 Å². The zero-order chi connectivity index (χ0) is 25.7. The van der Waals surface area contributed by atoms with Crippen LogP contribution in [0, 0.1) is 17.0 Å². The highest BCUT2D eigenvalue weighted by atomic mass is 19.4. The Balaban J connectivity index is 1.23. The number of phenols is 1. The van der Waals surface area contributed by atoms with E-state index in [9.17, 15) is 31.9 Å². The van der Waals surface area contributed by atoms with E-state index in [1.165, 1.54) is 0 Å². The van der Waals surface area contributed by atoms with Crippen LogP contribution >= 0.6 is 0 Å². The van der Waals surface area contributed by atoms with Crippen LogP contribution in [0.2, 0.25) is 0 Å². The Labute approximate surface area is 201 Å². The molecule has 0 atom stereocenters. The smallest absolute Gasteiger partial charge is 0.434 e. The van der Waals surface area contributed by atoms with Crippen LogP contribution in [0.15, 0.2) is 29.0 Å². The molecule has 3 fully saturated rings. The molecule has 2 N–H and O–H groups in total. The maximum Gasteiger partial charge on any atom is 0.434 e. The van der Waals surface area contributed by atoms with Gasteiger partial charge < -0.3 is 14.9 Å². The van der Waals surface area contributed by atoms with Crippen molar-refractivity contribution in [3.8, 4) is 17.3 Å². The molecule has 2 bridgehead atoms. The minimum absolute atomic E-state index is 0.0105. The van der Waals surface area contributed by atoms with Gasteiger partial charge in [0.2, 0.25) is 0 Å². The van der Waals surface area contributed by atoms with Gasteiger partial charge in [0.25, 0.3) is 11.8 Å². The van der Waals surface area contributed by atoms with Crippen LogP contribution in [0.25, 0.3) is 11.6 Å². The number of hydrogen-bond donors (Lipinski definition) is 2. The third-order valence-electron chi connectivity index (χ3n) is 7.37. The molecule has 13 heteroatoms. The maximum absolute atomic E-state index is 13.6. The Kier molecular flexibility index (Phi) is 5.67. The van der Waals surface area contributed by atoms with Crippen molar-refractivity contribution in [1.29, 1.82) is 0 Å². The van der Waals surface area contributed by atoms with E-state index in [1.807, 2.05) is 0 Å². The number of benzene rings is 1. The van der Waals surface area contributed by atoms with Gasteiger partial charge in [-0.25, -0.2) is 18.7 Å². The second kappa shape index (κ2) is 8.49. The summed E-state index contributed by atoms with van der Waals surface area (Å²) in [6.45, 7) is 0.324. The second-order valence-electron chi connectivity index (χ2n) is 9.46. The van der Waals surface area contributed by atoms with Gasteiger partial charge in [-0.2, -0.15) is 18.2 Å². The highest BCUT2D eigenvalue weighted by Crippen LogP contribution is 2.57. The monoisotopic (exact) mass is 509 g/mol. The number of halogens is 5. The molecule has 36 heavy (non-hydrogen) atoms. The first-order valence-corrected chi connectivity index (χ1v) is 11.2. The molecule has 0 saturated heterocycles. The van der Waals surface area contributed by atoms with Gasteiger partial charge in [0.15, 0.2) is 28.9 Å². The number of nitrogens with zero attached hydrogens (tertiary/aromatic N) is 4. The lowest BCUT2D eigenvalue weighted by atomic mass is 9.53. The quantitative estimate of drug-likeness (QED) is 0.485. The molecule has 0 spiro atoms. The van der Waals surface area contributed by atoms with Crippen LogP contribution in [0.5, 0.6) is 5.75 Å². The Morgan fingerprint density at radius 2 is 1.67 bits per heavy atom. The van der Waals surface area contributed by atoms with Crippen LogP contribution in [0.3, 0.4) is 0 Å².